The lowest BCUT2D eigenvalue weighted by Gasteiger charge is -2.30. The van der Waals surface area contributed by atoms with Crippen LogP contribution in [0.3, 0.4) is 0 Å². The van der Waals surface area contributed by atoms with Gasteiger partial charge in [-0.3, -0.25) is 0 Å². The summed E-state index contributed by atoms with van der Waals surface area (Å²) in [7, 11) is 0. The SMILES string of the molecule is c1ccc(-c2ccc(N(c3ccc(-c4cccc(-c5nc(-c6ccccc6)nc(-c6ccccc6)n5)c4)cc3)c3ccc(-c4cccc5c4-c4ccccc4C54c5ccccc5-c5ccccc54)cc3)cc2)cc1. The molecule has 1 heterocycles. The fourth-order valence-electron chi connectivity index (χ4n) is 11.6. The molecule has 0 saturated heterocycles. The van der Waals surface area contributed by atoms with Crippen LogP contribution in [0.15, 0.2) is 279 Å². The van der Waals surface area contributed by atoms with E-state index >= 15 is 0 Å². The van der Waals surface area contributed by atoms with E-state index in [1.165, 1.54) is 66.8 Å². The van der Waals surface area contributed by atoms with Crippen LogP contribution in [0.4, 0.5) is 17.1 Å². The molecule has 0 radical (unpaired) electrons. The summed E-state index contributed by atoms with van der Waals surface area (Å²) >= 11 is 0. The molecule has 4 heteroatoms. The van der Waals surface area contributed by atoms with Crippen LogP contribution >= 0.6 is 0 Å². The minimum atomic E-state index is -0.393. The Kier molecular flexibility index (Phi) is 10.4. The van der Waals surface area contributed by atoms with E-state index in [2.05, 4.69) is 223 Å². The zero-order chi connectivity index (χ0) is 49.0. The summed E-state index contributed by atoms with van der Waals surface area (Å²) in [6, 6.07) is 100. The molecule has 0 saturated carbocycles. The first-order valence-corrected chi connectivity index (χ1v) is 25.3. The van der Waals surface area contributed by atoms with E-state index in [1.807, 2.05) is 60.7 Å². The summed E-state index contributed by atoms with van der Waals surface area (Å²) in [5.74, 6) is 1.91. The summed E-state index contributed by atoms with van der Waals surface area (Å²) in [6.07, 6.45) is 0. The minimum Gasteiger partial charge on any atom is -0.311 e. The molecule has 0 aliphatic heterocycles. The molecule has 346 valence electrons. The van der Waals surface area contributed by atoms with Crippen molar-refractivity contribution in [2.75, 3.05) is 4.90 Å². The van der Waals surface area contributed by atoms with E-state index in [0.29, 0.717) is 17.5 Å². The third-order valence-corrected chi connectivity index (χ3v) is 15.0. The topological polar surface area (TPSA) is 41.9 Å². The number of benzene rings is 11. The van der Waals surface area contributed by atoms with E-state index in [0.717, 1.165) is 44.9 Å². The van der Waals surface area contributed by atoms with Crippen LogP contribution in [-0.4, -0.2) is 15.0 Å². The van der Waals surface area contributed by atoms with E-state index in [9.17, 15) is 0 Å². The van der Waals surface area contributed by atoms with Crippen molar-refractivity contribution in [3.63, 3.8) is 0 Å². The van der Waals surface area contributed by atoms with Crippen molar-refractivity contribution in [3.8, 4) is 89.8 Å². The molecule has 1 spiro atoms. The third-order valence-electron chi connectivity index (χ3n) is 15.0. The maximum Gasteiger partial charge on any atom is 0.164 e. The molecular weight excluding hydrogens is 897 g/mol. The monoisotopic (exact) mass is 942 g/mol. The van der Waals surface area contributed by atoms with Crippen molar-refractivity contribution in [2.24, 2.45) is 0 Å². The fraction of sp³-hybridized carbons (Fsp3) is 0.0143. The molecule has 0 N–H and O–H groups in total. The Bertz CT molecular complexity index is 3940. The first-order chi connectivity index (χ1) is 36.7. The smallest absolute Gasteiger partial charge is 0.164 e. The van der Waals surface area contributed by atoms with Crippen LogP contribution < -0.4 is 4.90 Å². The van der Waals surface area contributed by atoms with Crippen molar-refractivity contribution < 1.29 is 0 Å². The lowest BCUT2D eigenvalue weighted by molar-refractivity contribution is 0.794. The van der Waals surface area contributed by atoms with Crippen LogP contribution in [0.5, 0.6) is 0 Å². The number of anilines is 3. The minimum absolute atomic E-state index is 0.393. The summed E-state index contributed by atoms with van der Waals surface area (Å²) in [5, 5.41) is 0. The maximum atomic E-state index is 5.02. The molecule has 2 aliphatic carbocycles. The van der Waals surface area contributed by atoms with Crippen molar-refractivity contribution in [2.45, 2.75) is 5.41 Å². The van der Waals surface area contributed by atoms with Crippen LogP contribution in [0.25, 0.3) is 89.8 Å². The van der Waals surface area contributed by atoms with Crippen LogP contribution in [0, 0.1) is 0 Å². The van der Waals surface area contributed by atoms with Gasteiger partial charge in [-0.1, -0.05) is 237 Å². The Labute approximate surface area is 431 Å². The Morgan fingerprint density at radius 1 is 0.230 bits per heavy atom. The number of fused-ring (bicyclic) bond motifs is 10. The lowest BCUT2D eigenvalue weighted by Crippen LogP contribution is -2.25. The molecule has 2 aliphatic rings. The predicted molar refractivity (Wildman–Crippen MR) is 303 cm³/mol. The average Bonchev–Trinajstić information content (AvgIpc) is 3.96. The van der Waals surface area contributed by atoms with Gasteiger partial charge in [-0.25, -0.2) is 15.0 Å². The van der Waals surface area contributed by atoms with Gasteiger partial charge in [0.1, 0.15) is 0 Å². The summed E-state index contributed by atoms with van der Waals surface area (Å²) in [6.45, 7) is 0. The van der Waals surface area contributed by atoms with E-state index < -0.39 is 5.41 Å². The van der Waals surface area contributed by atoms with Gasteiger partial charge >= 0.3 is 0 Å². The fourth-order valence-corrected chi connectivity index (χ4v) is 11.6. The van der Waals surface area contributed by atoms with Gasteiger partial charge in [0.15, 0.2) is 17.5 Å². The van der Waals surface area contributed by atoms with E-state index in [-0.39, 0.29) is 0 Å². The Morgan fingerprint density at radius 3 is 1.09 bits per heavy atom. The highest BCUT2D eigenvalue weighted by Gasteiger charge is 2.52. The highest BCUT2D eigenvalue weighted by molar-refractivity contribution is 6.00. The molecule has 0 unspecified atom stereocenters. The predicted octanol–water partition coefficient (Wildman–Crippen LogP) is 17.7. The number of hydrogen-bond acceptors (Lipinski definition) is 4. The molecule has 0 atom stereocenters. The van der Waals surface area contributed by atoms with Crippen LogP contribution in [0.1, 0.15) is 22.3 Å². The van der Waals surface area contributed by atoms with Crippen molar-refractivity contribution in [1.29, 1.82) is 0 Å². The molecule has 74 heavy (non-hydrogen) atoms. The zero-order valence-corrected chi connectivity index (χ0v) is 40.3. The van der Waals surface area contributed by atoms with Crippen LogP contribution in [0.2, 0.25) is 0 Å². The van der Waals surface area contributed by atoms with Gasteiger partial charge < -0.3 is 4.90 Å². The molecule has 0 amide bonds. The molecule has 1 aromatic heterocycles. The second kappa shape index (κ2) is 17.8. The summed E-state index contributed by atoms with van der Waals surface area (Å²) in [5.41, 5.74) is 23.2. The average molecular weight is 943 g/mol. The summed E-state index contributed by atoms with van der Waals surface area (Å²) < 4.78 is 0. The van der Waals surface area contributed by atoms with Crippen molar-refractivity contribution in [3.05, 3.63) is 301 Å². The molecular formula is C70H46N4. The van der Waals surface area contributed by atoms with E-state index in [4.69, 9.17) is 15.0 Å². The van der Waals surface area contributed by atoms with Gasteiger partial charge in [0.2, 0.25) is 0 Å². The third kappa shape index (κ3) is 7.10. The first-order valence-electron chi connectivity index (χ1n) is 25.3. The highest BCUT2D eigenvalue weighted by atomic mass is 15.1. The first kappa shape index (κ1) is 43.1. The standard InChI is InChI=1S/C70H46N4/c1-4-18-47(19-5-1)48-34-40-55(41-35-48)74(56-42-36-49(37-43-56)53-24-16-25-54(46-53)69-72-67(51-20-6-2-7-21-51)71-68(73-69)52-22-8-3-9-23-52)57-44-38-50(39-45-57)58-29-17-33-65-66(58)61-28-12-15-32-64(61)70(65)62-30-13-10-26-59(62)60-27-11-14-31-63(60)70/h1-46H. The largest absolute Gasteiger partial charge is 0.311 e. The van der Waals surface area contributed by atoms with Gasteiger partial charge in [-0.15, -0.1) is 0 Å². The normalized spacial score (nSPS) is 12.4. The number of hydrogen-bond donors (Lipinski definition) is 0. The van der Waals surface area contributed by atoms with Gasteiger partial charge in [0.25, 0.3) is 0 Å². The molecule has 0 fully saturated rings. The van der Waals surface area contributed by atoms with Crippen molar-refractivity contribution >= 4 is 17.1 Å². The quantitative estimate of drug-likeness (QED) is 0.145. The second-order valence-electron chi connectivity index (χ2n) is 19.1. The molecule has 11 aromatic carbocycles. The summed E-state index contributed by atoms with van der Waals surface area (Å²) in [4.78, 5) is 17.3. The Morgan fingerprint density at radius 2 is 0.568 bits per heavy atom. The highest BCUT2D eigenvalue weighted by Crippen LogP contribution is 2.64. The lowest BCUT2D eigenvalue weighted by atomic mass is 9.70. The van der Waals surface area contributed by atoms with Gasteiger partial charge in [0.05, 0.1) is 5.41 Å². The zero-order valence-electron chi connectivity index (χ0n) is 40.3. The Balaban J connectivity index is 0.841. The second-order valence-corrected chi connectivity index (χ2v) is 19.1. The molecule has 4 nitrogen and oxygen atoms in total. The van der Waals surface area contributed by atoms with Gasteiger partial charge in [-0.05, 0) is 120 Å². The number of rotatable bonds is 9. The van der Waals surface area contributed by atoms with Gasteiger partial charge in [0, 0.05) is 33.8 Å². The molecule has 14 rings (SSSR count). The van der Waals surface area contributed by atoms with Gasteiger partial charge in [-0.2, -0.15) is 0 Å². The number of aromatic nitrogens is 3. The molecule has 12 aromatic rings. The van der Waals surface area contributed by atoms with Crippen molar-refractivity contribution in [1.82, 2.24) is 15.0 Å². The molecule has 0 bridgehead atoms. The van der Waals surface area contributed by atoms with Crippen LogP contribution in [-0.2, 0) is 5.41 Å². The maximum absolute atomic E-state index is 5.02. The number of nitrogens with zero attached hydrogens (tertiary/aromatic N) is 4. The Hall–Kier alpha value is -9.77. The van der Waals surface area contributed by atoms with E-state index in [1.54, 1.807) is 0 Å².